The third-order valence-electron chi connectivity index (χ3n) is 2.24. The molecule has 5 atom stereocenters. The number of carbonyl (C=O) groups is 1. The van der Waals surface area contributed by atoms with Crippen LogP contribution in [0.1, 0.15) is 6.92 Å². The van der Waals surface area contributed by atoms with Gasteiger partial charge in [0.15, 0.2) is 6.10 Å². The van der Waals surface area contributed by atoms with Crippen molar-refractivity contribution in [3.05, 3.63) is 0 Å². The van der Waals surface area contributed by atoms with Gasteiger partial charge in [-0.15, -0.1) is 0 Å². The predicted octanol–water partition coefficient (Wildman–Crippen LogP) is -3.18. The van der Waals surface area contributed by atoms with Crippen LogP contribution in [0.25, 0.3) is 0 Å². The normalized spacial score (nSPS) is 39.4. The molecule has 0 saturated carbocycles. The first-order valence-electron chi connectivity index (χ1n) is 4.77. The largest absolute Gasteiger partial charge is 0.394 e. The van der Waals surface area contributed by atoms with E-state index in [1.807, 2.05) is 5.48 Å². The minimum absolute atomic E-state index is 0.473. The number of hydrogen-bond donors (Lipinski definition) is 5. The molecule has 0 bridgehead atoms. The van der Waals surface area contributed by atoms with Crippen molar-refractivity contribution in [2.45, 2.75) is 37.6 Å². The zero-order valence-electron chi connectivity index (χ0n) is 8.74. The number of nitrogens with two attached hydrogens (primary N) is 1. The lowest BCUT2D eigenvalue weighted by Crippen LogP contribution is -2.63. The summed E-state index contributed by atoms with van der Waals surface area (Å²) in [6.07, 6.45) is -5.80. The van der Waals surface area contributed by atoms with Crippen LogP contribution in [0.2, 0.25) is 0 Å². The van der Waals surface area contributed by atoms with E-state index in [-0.39, 0.29) is 0 Å². The average molecular weight is 236 g/mol. The zero-order valence-corrected chi connectivity index (χ0v) is 8.74. The van der Waals surface area contributed by atoms with E-state index in [4.69, 9.17) is 20.4 Å². The third-order valence-corrected chi connectivity index (χ3v) is 2.24. The number of amides is 1. The Morgan fingerprint density at radius 1 is 1.50 bits per heavy atom. The highest BCUT2D eigenvalue weighted by atomic mass is 16.7. The number of aliphatic hydroxyl groups excluding tert-OH is 3. The Hall–Kier alpha value is -0.770. The van der Waals surface area contributed by atoms with E-state index < -0.39 is 43.2 Å². The summed E-state index contributed by atoms with van der Waals surface area (Å²) >= 11 is 0. The van der Waals surface area contributed by atoms with Gasteiger partial charge in [-0.25, -0.2) is 5.48 Å². The molecule has 16 heavy (non-hydrogen) atoms. The number of ether oxygens (including phenoxy) is 1. The molecule has 8 heteroatoms. The van der Waals surface area contributed by atoms with Crippen LogP contribution < -0.4 is 11.2 Å². The fraction of sp³-hybridized carbons (Fsp3) is 0.875. The first-order chi connectivity index (χ1) is 7.47. The molecule has 0 aromatic rings. The first-order valence-corrected chi connectivity index (χ1v) is 4.77. The molecule has 1 saturated heterocycles. The molecule has 1 heterocycles. The molecule has 0 spiro atoms. The second-order valence-corrected chi connectivity index (χ2v) is 3.54. The lowest BCUT2D eigenvalue weighted by atomic mass is 9.99. The van der Waals surface area contributed by atoms with Crippen molar-refractivity contribution in [2.24, 2.45) is 5.73 Å². The SMILES string of the molecule is CC(=O)NO[C@@H]1[C@@H](O)[C@H](O)[C@@H](CO)O[C@H]1N. The smallest absolute Gasteiger partial charge is 0.240 e. The number of hydrogen-bond acceptors (Lipinski definition) is 7. The van der Waals surface area contributed by atoms with Crippen molar-refractivity contribution < 1.29 is 29.7 Å². The molecule has 0 aliphatic carbocycles. The lowest BCUT2D eigenvalue weighted by Gasteiger charge is -2.39. The van der Waals surface area contributed by atoms with Gasteiger partial charge in [-0.1, -0.05) is 0 Å². The number of hydroxylamine groups is 1. The molecule has 0 aromatic carbocycles. The molecule has 0 aromatic heterocycles. The van der Waals surface area contributed by atoms with E-state index in [1.165, 1.54) is 6.92 Å². The minimum atomic E-state index is -1.35. The number of nitrogens with one attached hydrogen (secondary N) is 1. The summed E-state index contributed by atoms with van der Waals surface area (Å²) < 4.78 is 5.00. The maximum atomic E-state index is 10.6. The van der Waals surface area contributed by atoms with Gasteiger partial charge >= 0.3 is 0 Å². The second kappa shape index (κ2) is 5.53. The fourth-order valence-corrected chi connectivity index (χ4v) is 1.41. The van der Waals surface area contributed by atoms with Gasteiger partial charge in [0.05, 0.1) is 6.61 Å². The van der Waals surface area contributed by atoms with Crippen LogP contribution >= 0.6 is 0 Å². The number of aliphatic hydroxyl groups is 3. The molecule has 8 nitrogen and oxygen atoms in total. The Kier molecular flexibility index (Phi) is 4.59. The van der Waals surface area contributed by atoms with Crippen molar-refractivity contribution in [1.29, 1.82) is 0 Å². The van der Waals surface area contributed by atoms with Crippen LogP contribution in [0.3, 0.4) is 0 Å². The standard InChI is InChI=1S/C8H16N2O6/c1-3(12)10-16-7-6(14)5(13)4(2-11)15-8(7)9/h4-8,11,13-14H,2,9H2,1H3,(H,10,12)/t4-,5-,6+,7-,8-/m1/s1. The summed E-state index contributed by atoms with van der Waals surface area (Å²) in [6, 6.07) is 0. The van der Waals surface area contributed by atoms with E-state index in [0.29, 0.717) is 0 Å². The molecule has 6 N–H and O–H groups in total. The van der Waals surface area contributed by atoms with E-state index in [2.05, 4.69) is 0 Å². The molecule has 1 amide bonds. The van der Waals surface area contributed by atoms with Crippen LogP contribution in [-0.4, -0.2) is 58.5 Å². The van der Waals surface area contributed by atoms with Gasteiger partial charge in [0.1, 0.15) is 24.5 Å². The van der Waals surface area contributed by atoms with E-state index >= 15 is 0 Å². The predicted molar refractivity (Wildman–Crippen MR) is 50.6 cm³/mol. The van der Waals surface area contributed by atoms with E-state index in [0.717, 1.165) is 0 Å². The van der Waals surface area contributed by atoms with E-state index in [9.17, 15) is 15.0 Å². The summed E-state index contributed by atoms with van der Waals surface area (Å²) in [5.41, 5.74) is 7.50. The highest BCUT2D eigenvalue weighted by Gasteiger charge is 2.44. The molecule has 1 rings (SSSR count). The minimum Gasteiger partial charge on any atom is -0.394 e. The van der Waals surface area contributed by atoms with Crippen LogP contribution in [0.5, 0.6) is 0 Å². The maximum absolute atomic E-state index is 10.6. The molecule has 1 aliphatic heterocycles. The van der Waals surface area contributed by atoms with Gasteiger partial charge < -0.3 is 25.8 Å². The van der Waals surface area contributed by atoms with Crippen molar-refractivity contribution in [1.82, 2.24) is 5.48 Å². The Labute approximate surface area is 91.9 Å². The van der Waals surface area contributed by atoms with E-state index in [1.54, 1.807) is 0 Å². The molecule has 0 unspecified atom stereocenters. The molecule has 94 valence electrons. The Bertz CT molecular complexity index is 251. The maximum Gasteiger partial charge on any atom is 0.240 e. The van der Waals surface area contributed by atoms with Gasteiger partial charge in [0.25, 0.3) is 0 Å². The zero-order chi connectivity index (χ0) is 12.3. The van der Waals surface area contributed by atoms with Crippen LogP contribution in [0.4, 0.5) is 0 Å². The van der Waals surface area contributed by atoms with Gasteiger partial charge in [-0.05, 0) is 0 Å². The van der Waals surface area contributed by atoms with Crippen molar-refractivity contribution in [3.63, 3.8) is 0 Å². The van der Waals surface area contributed by atoms with Crippen LogP contribution in [0.15, 0.2) is 0 Å². The summed E-state index contributed by atoms with van der Waals surface area (Å²) in [6.45, 7) is 0.743. The Morgan fingerprint density at radius 2 is 2.12 bits per heavy atom. The van der Waals surface area contributed by atoms with Crippen molar-refractivity contribution in [2.75, 3.05) is 6.61 Å². The molecule has 1 fully saturated rings. The van der Waals surface area contributed by atoms with Crippen LogP contribution in [0, 0.1) is 0 Å². The van der Waals surface area contributed by atoms with Crippen molar-refractivity contribution in [3.8, 4) is 0 Å². The monoisotopic (exact) mass is 236 g/mol. The molecule has 0 radical (unpaired) electrons. The fourth-order valence-electron chi connectivity index (χ4n) is 1.41. The van der Waals surface area contributed by atoms with Gasteiger partial charge in [-0.3, -0.25) is 9.63 Å². The highest BCUT2D eigenvalue weighted by Crippen LogP contribution is 2.20. The summed E-state index contributed by atoms with van der Waals surface area (Å²) in [4.78, 5) is 15.4. The van der Waals surface area contributed by atoms with Crippen molar-refractivity contribution >= 4 is 5.91 Å². The lowest BCUT2D eigenvalue weighted by molar-refractivity contribution is -0.251. The van der Waals surface area contributed by atoms with Crippen LogP contribution in [-0.2, 0) is 14.4 Å². The number of rotatable bonds is 3. The Balaban J connectivity index is 2.60. The van der Waals surface area contributed by atoms with Gasteiger partial charge in [0, 0.05) is 6.92 Å². The highest BCUT2D eigenvalue weighted by molar-refractivity contribution is 5.71. The molecular weight excluding hydrogens is 220 g/mol. The number of carbonyl (C=O) groups excluding carboxylic acids is 1. The summed E-state index contributed by atoms with van der Waals surface area (Å²) in [5.74, 6) is -0.474. The first kappa shape index (κ1) is 13.3. The average Bonchev–Trinajstić information content (AvgIpc) is 2.22. The summed E-state index contributed by atoms with van der Waals surface area (Å²) in [5, 5.41) is 28.0. The van der Waals surface area contributed by atoms with Gasteiger partial charge in [-0.2, -0.15) is 0 Å². The van der Waals surface area contributed by atoms with Gasteiger partial charge in [0.2, 0.25) is 5.91 Å². The summed E-state index contributed by atoms with van der Waals surface area (Å²) in [7, 11) is 0. The molecule has 1 aliphatic rings. The second-order valence-electron chi connectivity index (χ2n) is 3.54. The topological polar surface area (TPSA) is 134 Å². The third kappa shape index (κ3) is 2.88. The Morgan fingerprint density at radius 3 is 2.62 bits per heavy atom. The molecular formula is C8H16N2O6. The quantitative estimate of drug-likeness (QED) is 0.326.